The first kappa shape index (κ1) is 68.2. The van der Waals surface area contributed by atoms with Crippen molar-refractivity contribution >= 4 is 11.9 Å². The van der Waals surface area contributed by atoms with Crippen LogP contribution in [0.15, 0.2) is 24.3 Å². The molecule has 0 aliphatic carbocycles. The van der Waals surface area contributed by atoms with E-state index in [1.807, 2.05) is 6.08 Å². The molecule has 6 N–H and O–H groups in total. The summed E-state index contributed by atoms with van der Waals surface area (Å²) in [7, 11) is 0. The third kappa shape index (κ3) is 40.5. The van der Waals surface area contributed by atoms with Crippen LogP contribution in [0.3, 0.4) is 0 Å². The van der Waals surface area contributed by atoms with Crippen LogP contribution in [0.1, 0.15) is 290 Å². The van der Waals surface area contributed by atoms with Crippen LogP contribution in [0.5, 0.6) is 0 Å². The normalized spacial score (nSPS) is 19.1. The number of hydrogen-bond acceptors (Lipinski definition) is 10. The number of amides is 1. The van der Waals surface area contributed by atoms with Crippen molar-refractivity contribution in [2.45, 2.75) is 333 Å². The second-order valence-corrected chi connectivity index (χ2v) is 21.4. The molecule has 72 heavy (non-hydrogen) atoms. The number of rotatable bonds is 53. The molecule has 0 aromatic rings. The summed E-state index contributed by atoms with van der Waals surface area (Å²) in [6.45, 7) is 4.32. The highest BCUT2D eigenvalue weighted by atomic mass is 16.7. The highest BCUT2D eigenvalue weighted by Crippen LogP contribution is 2.23. The van der Waals surface area contributed by atoms with Crippen LogP contribution in [0.4, 0.5) is 0 Å². The van der Waals surface area contributed by atoms with E-state index < -0.39 is 49.5 Å². The van der Waals surface area contributed by atoms with Crippen molar-refractivity contribution < 1.29 is 49.3 Å². The average Bonchev–Trinajstić information content (AvgIpc) is 3.38. The lowest BCUT2D eigenvalue weighted by atomic mass is 9.99. The molecule has 0 aromatic carbocycles. The Morgan fingerprint density at radius 3 is 1.33 bits per heavy atom. The molecule has 1 amide bonds. The van der Waals surface area contributed by atoms with Gasteiger partial charge in [0.2, 0.25) is 5.91 Å². The second-order valence-electron chi connectivity index (χ2n) is 21.4. The SMILES string of the molecule is CCCCCCCCC/C=C/C(O)C(COC1OC(CO)C(O)C(O)C1O)NC(=O)CCCCCCCCC/C=C\CCCCCCCCCCCCCOC(=O)CCCCCCCCCCCCCCC. The number of aliphatic hydroxyl groups is 5. The van der Waals surface area contributed by atoms with Gasteiger partial charge in [-0.2, -0.15) is 0 Å². The molecule has 1 aliphatic rings. The molecule has 0 aromatic heterocycles. The first-order valence-electron chi connectivity index (χ1n) is 30.6. The van der Waals surface area contributed by atoms with Crippen LogP contribution in [0.25, 0.3) is 0 Å². The van der Waals surface area contributed by atoms with Crippen LogP contribution >= 0.6 is 0 Å². The lowest BCUT2D eigenvalue weighted by Gasteiger charge is -2.40. The van der Waals surface area contributed by atoms with Crippen molar-refractivity contribution in [3.05, 3.63) is 24.3 Å². The maximum absolute atomic E-state index is 13.0. The molecule has 1 aliphatic heterocycles. The number of unbranched alkanes of at least 4 members (excludes halogenated alkanes) is 37. The number of carbonyl (C=O) groups is 2. The fourth-order valence-electron chi connectivity index (χ4n) is 9.67. The van der Waals surface area contributed by atoms with Gasteiger partial charge in [-0.05, 0) is 57.8 Å². The van der Waals surface area contributed by atoms with E-state index in [0.29, 0.717) is 19.4 Å². The van der Waals surface area contributed by atoms with Gasteiger partial charge in [-0.25, -0.2) is 0 Å². The van der Waals surface area contributed by atoms with Crippen LogP contribution in [0, 0.1) is 0 Å². The summed E-state index contributed by atoms with van der Waals surface area (Å²) >= 11 is 0. The largest absolute Gasteiger partial charge is 0.466 e. The van der Waals surface area contributed by atoms with E-state index >= 15 is 0 Å². The molecule has 11 nitrogen and oxygen atoms in total. The van der Waals surface area contributed by atoms with Crippen LogP contribution in [-0.4, -0.2) is 100 Å². The van der Waals surface area contributed by atoms with Crippen LogP contribution in [-0.2, 0) is 23.8 Å². The quantitative estimate of drug-likeness (QED) is 0.0195. The fourth-order valence-corrected chi connectivity index (χ4v) is 9.67. The Balaban J connectivity index is 2.01. The fraction of sp³-hybridized carbons (Fsp3) is 0.902. The number of allylic oxidation sites excluding steroid dienone is 3. The number of aliphatic hydroxyl groups excluding tert-OH is 5. The standard InChI is InChI=1S/C61H115NO10/c1-3-5-7-9-11-13-14-25-29-33-37-41-45-49-57(66)70-50-46-42-38-34-30-27-24-22-20-18-16-15-17-19-21-23-26-28-32-36-40-44-48-56(65)62-53(54(64)47-43-39-35-31-12-10-8-6-4-2)52-71-61-60(69)59(68)58(67)55(51-63)72-61/h17,19,43,47,53-55,58-61,63-64,67-69H,3-16,18,20-42,44-46,48-52H2,1-2H3,(H,62,65)/b19-17-,47-43+. The molecule has 0 radical (unpaired) electrons. The molecule has 424 valence electrons. The van der Waals surface area contributed by atoms with E-state index in [1.165, 1.54) is 193 Å². The van der Waals surface area contributed by atoms with Gasteiger partial charge in [0.15, 0.2) is 6.29 Å². The minimum atomic E-state index is -1.57. The van der Waals surface area contributed by atoms with Gasteiger partial charge < -0.3 is 45.1 Å². The van der Waals surface area contributed by atoms with Crippen LogP contribution in [0.2, 0.25) is 0 Å². The highest BCUT2D eigenvalue weighted by Gasteiger charge is 2.44. The van der Waals surface area contributed by atoms with Crippen molar-refractivity contribution in [2.24, 2.45) is 0 Å². The second kappa shape index (κ2) is 51.3. The Bertz CT molecular complexity index is 1250. The summed E-state index contributed by atoms with van der Waals surface area (Å²) in [6, 6.07) is -0.813. The predicted octanol–water partition coefficient (Wildman–Crippen LogP) is 14.1. The zero-order valence-electron chi connectivity index (χ0n) is 46.7. The van der Waals surface area contributed by atoms with Gasteiger partial charge >= 0.3 is 5.97 Å². The van der Waals surface area contributed by atoms with E-state index in [0.717, 1.165) is 70.6 Å². The smallest absolute Gasteiger partial charge is 0.305 e. The molecule has 7 atom stereocenters. The molecule has 0 saturated carbocycles. The Morgan fingerprint density at radius 2 is 0.889 bits per heavy atom. The zero-order chi connectivity index (χ0) is 52.4. The van der Waals surface area contributed by atoms with Crippen molar-refractivity contribution in [3.8, 4) is 0 Å². The molecule has 0 spiro atoms. The maximum atomic E-state index is 13.0. The van der Waals surface area contributed by atoms with E-state index in [4.69, 9.17) is 14.2 Å². The van der Waals surface area contributed by atoms with Gasteiger partial charge in [-0.15, -0.1) is 0 Å². The Morgan fingerprint density at radius 1 is 0.500 bits per heavy atom. The summed E-state index contributed by atoms with van der Waals surface area (Å²) in [5, 5.41) is 54.2. The highest BCUT2D eigenvalue weighted by molar-refractivity contribution is 5.76. The van der Waals surface area contributed by atoms with Gasteiger partial charge in [0.05, 0.1) is 32.0 Å². The summed E-state index contributed by atoms with van der Waals surface area (Å²) < 4.78 is 16.7. The summed E-state index contributed by atoms with van der Waals surface area (Å²) in [6.07, 6.45) is 51.5. The molecule has 1 saturated heterocycles. The monoisotopic (exact) mass is 1020 g/mol. The van der Waals surface area contributed by atoms with Gasteiger partial charge in [-0.1, -0.05) is 244 Å². The Labute approximate surface area is 441 Å². The zero-order valence-corrected chi connectivity index (χ0v) is 46.7. The molecule has 1 rings (SSSR count). The lowest BCUT2D eigenvalue weighted by molar-refractivity contribution is -0.302. The number of ether oxygens (including phenoxy) is 3. The summed E-state index contributed by atoms with van der Waals surface area (Å²) in [5.41, 5.74) is 0. The molecule has 0 bridgehead atoms. The molecule has 1 heterocycles. The summed E-state index contributed by atoms with van der Waals surface area (Å²) in [4.78, 5) is 25.0. The third-order valence-corrected chi connectivity index (χ3v) is 14.6. The van der Waals surface area contributed by atoms with E-state index in [-0.39, 0.29) is 18.5 Å². The predicted molar refractivity (Wildman–Crippen MR) is 297 cm³/mol. The molecule has 1 fully saturated rings. The maximum Gasteiger partial charge on any atom is 0.305 e. The van der Waals surface area contributed by atoms with Crippen molar-refractivity contribution in [2.75, 3.05) is 19.8 Å². The Hall–Kier alpha value is -1.86. The Kier molecular flexibility index (Phi) is 48.5. The number of nitrogens with one attached hydrogen (secondary N) is 1. The van der Waals surface area contributed by atoms with Crippen LogP contribution < -0.4 is 5.32 Å². The first-order chi connectivity index (χ1) is 35.2. The van der Waals surface area contributed by atoms with E-state index in [2.05, 4.69) is 31.3 Å². The van der Waals surface area contributed by atoms with Crippen molar-refractivity contribution in [1.82, 2.24) is 5.32 Å². The topological polar surface area (TPSA) is 175 Å². The number of carbonyl (C=O) groups excluding carboxylic acids is 2. The number of esters is 1. The number of hydrogen-bond donors (Lipinski definition) is 6. The van der Waals surface area contributed by atoms with E-state index in [1.54, 1.807) is 6.08 Å². The lowest BCUT2D eigenvalue weighted by Crippen LogP contribution is -2.60. The van der Waals surface area contributed by atoms with E-state index in [9.17, 15) is 35.1 Å². The van der Waals surface area contributed by atoms with Crippen molar-refractivity contribution in [3.63, 3.8) is 0 Å². The van der Waals surface area contributed by atoms with Crippen molar-refractivity contribution in [1.29, 1.82) is 0 Å². The molecule has 11 heteroatoms. The molecule has 7 unspecified atom stereocenters. The average molecular weight is 1020 g/mol. The molecular formula is C61H115NO10. The van der Waals surface area contributed by atoms with Gasteiger partial charge in [0, 0.05) is 12.8 Å². The first-order valence-corrected chi connectivity index (χ1v) is 30.6. The summed E-state index contributed by atoms with van der Waals surface area (Å²) in [5.74, 6) is -0.191. The van der Waals surface area contributed by atoms with Gasteiger partial charge in [-0.3, -0.25) is 9.59 Å². The third-order valence-electron chi connectivity index (χ3n) is 14.6. The minimum absolute atomic E-state index is 0.000940. The van der Waals surface area contributed by atoms with Gasteiger partial charge in [0.1, 0.15) is 24.4 Å². The molecular weight excluding hydrogens is 907 g/mol. The van der Waals surface area contributed by atoms with Gasteiger partial charge in [0.25, 0.3) is 0 Å². The minimum Gasteiger partial charge on any atom is -0.466 e.